The number of nitrogens with two attached hydrogens (primary N) is 1. The Hall–Kier alpha value is -3.07. The monoisotopic (exact) mass is 460 g/mol. The highest BCUT2D eigenvalue weighted by Gasteiger charge is 2.24. The van der Waals surface area contributed by atoms with Crippen LogP contribution in [0.3, 0.4) is 0 Å². The third-order valence-corrected chi connectivity index (χ3v) is 7.28. The van der Waals surface area contributed by atoms with Gasteiger partial charge in [-0.1, -0.05) is 18.2 Å². The van der Waals surface area contributed by atoms with E-state index in [1.807, 2.05) is 42.2 Å². The summed E-state index contributed by atoms with van der Waals surface area (Å²) in [6.45, 7) is 8.43. The highest BCUT2D eigenvalue weighted by molar-refractivity contribution is 7.82. The van der Waals surface area contributed by atoms with Gasteiger partial charge >= 0.3 is 0 Å². The molecule has 3 heterocycles. The van der Waals surface area contributed by atoms with Gasteiger partial charge in [0.1, 0.15) is 11.0 Å². The third-order valence-electron chi connectivity index (χ3n) is 6.39. The number of anilines is 1. The molecule has 5 rings (SSSR count). The molecule has 4 aromatic rings. The van der Waals surface area contributed by atoms with E-state index >= 15 is 0 Å². The van der Waals surface area contributed by atoms with Gasteiger partial charge in [0.15, 0.2) is 5.65 Å². The van der Waals surface area contributed by atoms with Crippen LogP contribution in [-0.2, 0) is 11.0 Å². The van der Waals surface area contributed by atoms with Crippen molar-refractivity contribution in [2.24, 2.45) is 5.14 Å². The van der Waals surface area contributed by atoms with E-state index in [0.29, 0.717) is 17.0 Å². The molecular formula is C25H28N6OS. The number of hydrogen-bond acceptors (Lipinski definition) is 5. The molecule has 0 saturated carbocycles. The van der Waals surface area contributed by atoms with E-state index in [0.717, 1.165) is 46.6 Å². The number of piperazine rings is 1. The Bertz CT molecular complexity index is 1320. The van der Waals surface area contributed by atoms with Crippen LogP contribution in [0.25, 0.3) is 27.9 Å². The molecule has 0 spiro atoms. The van der Waals surface area contributed by atoms with Crippen LogP contribution in [0.2, 0.25) is 0 Å². The predicted molar refractivity (Wildman–Crippen MR) is 133 cm³/mol. The number of hydrogen-bond donors (Lipinski definition) is 2. The fraction of sp³-hybridized carbons (Fsp3) is 0.280. The summed E-state index contributed by atoms with van der Waals surface area (Å²) in [6, 6.07) is 15.3. The number of fused-ring (bicyclic) bond motifs is 1. The minimum Gasteiger partial charge on any atom is -0.364 e. The van der Waals surface area contributed by atoms with E-state index in [-0.39, 0.29) is 0 Å². The highest BCUT2D eigenvalue weighted by atomic mass is 32.2. The van der Waals surface area contributed by atoms with E-state index in [2.05, 4.69) is 53.4 Å². The summed E-state index contributed by atoms with van der Waals surface area (Å²) in [6.07, 6.45) is 5.71. The molecule has 2 aromatic heterocycles. The first kappa shape index (κ1) is 21.8. The Morgan fingerprint density at radius 3 is 2.36 bits per heavy atom. The summed E-state index contributed by atoms with van der Waals surface area (Å²) in [5.41, 5.74) is 6.92. The van der Waals surface area contributed by atoms with Crippen LogP contribution in [0.1, 0.15) is 19.4 Å². The topological polar surface area (TPSA) is 88.6 Å². The lowest BCUT2D eigenvalue weighted by molar-refractivity contribution is 0.432. The van der Waals surface area contributed by atoms with Crippen LogP contribution in [-0.4, -0.2) is 44.0 Å². The molecule has 0 radical (unpaired) electrons. The summed E-state index contributed by atoms with van der Waals surface area (Å²) in [7, 11) is -1.50. The molecule has 33 heavy (non-hydrogen) atoms. The van der Waals surface area contributed by atoms with Gasteiger partial charge in [0, 0.05) is 54.4 Å². The summed E-state index contributed by atoms with van der Waals surface area (Å²) in [5, 5.41) is 13.6. The lowest BCUT2D eigenvalue weighted by Gasteiger charge is -2.41. The number of nitrogens with zero attached hydrogens (tertiary/aromatic N) is 4. The van der Waals surface area contributed by atoms with Crippen LogP contribution >= 0.6 is 0 Å². The van der Waals surface area contributed by atoms with Gasteiger partial charge in [0.2, 0.25) is 0 Å². The first-order chi connectivity index (χ1) is 15.9. The fourth-order valence-corrected chi connectivity index (χ4v) is 5.32. The number of nitrogens with one attached hydrogen (secondary N) is 1. The molecule has 3 atom stereocenters. The average molecular weight is 461 g/mol. The van der Waals surface area contributed by atoms with Crippen molar-refractivity contribution in [3.63, 3.8) is 0 Å². The Kier molecular flexibility index (Phi) is 5.74. The number of aromatic nitrogens is 3. The molecule has 0 bridgehead atoms. The van der Waals surface area contributed by atoms with E-state index < -0.39 is 11.0 Å². The van der Waals surface area contributed by atoms with Gasteiger partial charge in [-0.05, 0) is 61.7 Å². The first-order valence-corrected chi connectivity index (χ1v) is 12.3. The summed E-state index contributed by atoms with van der Waals surface area (Å²) < 4.78 is 13.5. The second-order valence-corrected chi connectivity index (χ2v) is 9.79. The fourth-order valence-electron chi connectivity index (χ4n) is 4.74. The summed E-state index contributed by atoms with van der Waals surface area (Å²) in [5.74, 6) is 0. The minimum atomic E-state index is -1.50. The van der Waals surface area contributed by atoms with E-state index in [1.54, 1.807) is 6.07 Å². The Morgan fingerprint density at radius 2 is 1.70 bits per heavy atom. The molecule has 3 unspecified atom stereocenters. The number of aryl methyl sites for hydroxylation is 1. The molecule has 2 aromatic carbocycles. The minimum absolute atomic E-state index is 0.461. The van der Waals surface area contributed by atoms with E-state index in [4.69, 9.17) is 10.1 Å². The molecule has 1 fully saturated rings. The van der Waals surface area contributed by atoms with Crippen LogP contribution in [0, 0.1) is 6.92 Å². The van der Waals surface area contributed by atoms with Gasteiger partial charge in [0.05, 0.1) is 11.1 Å². The lowest BCUT2D eigenvalue weighted by atomic mass is 10.0. The maximum atomic E-state index is 11.6. The van der Waals surface area contributed by atoms with Crippen LogP contribution in [0.5, 0.6) is 0 Å². The van der Waals surface area contributed by atoms with Gasteiger partial charge in [-0.25, -0.2) is 18.8 Å². The normalized spacial score (nSPS) is 19.7. The highest BCUT2D eigenvalue weighted by Crippen LogP contribution is 2.29. The molecule has 0 aliphatic carbocycles. The van der Waals surface area contributed by atoms with Crippen molar-refractivity contribution in [2.45, 2.75) is 37.8 Å². The van der Waals surface area contributed by atoms with Crippen molar-refractivity contribution in [3.05, 3.63) is 66.6 Å². The third kappa shape index (κ3) is 4.06. The second kappa shape index (κ2) is 8.70. The van der Waals surface area contributed by atoms with Crippen LogP contribution in [0.4, 0.5) is 5.69 Å². The summed E-state index contributed by atoms with van der Waals surface area (Å²) in [4.78, 5) is 7.83. The van der Waals surface area contributed by atoms with Crippen LogP contribution in [0.15, 0.2) is 66.0 Å². The Morgan fingerprint density at radius 1 is 1.00 bits per heavy atom. The standard InChI is InChI=1S/C25H28N6OS/c1-16-10-20(6-9-24(16)33(26)32)23-14-29-30-15-21(13-28-25(23)30)19-4-7-22(8-5-19)31-17(2)11-27-12-18(31)3/h4-10,13-15,17-18,27H,11-12,26H2,1-3H3. The van der Waals surface area contributed by atoms with Gasteiger partial charge in [-0.15, -0.1) is 0 Å². The molecule has 1 aliphatic heterocycles. The SMILES string of the molecule is Cc1cc(-c2cnn3cc(-c4ccc(N5C(C)CNCC5C)cc4)cnc23)ccc1S(N)=O. The van der Waals surface area contributed by atoms with Crippen molar-refractivity contribution in [1.82, 2.24) is 19.9 Å². The van der Waals surface area contributed by atoms with Crippen molar-refractivity contribution in [2.75, 3.05) is 18.0 Å². The molecule has 8 heteroatoms. The zero-order valence-corrected chi connectivity index (χ0v) is 19.8. The van der Waals surface area contributed by atoms with Gasteiger partial charge in [-0.3, -0.25) is 0 Å². The summed E-state index contributed by atoms with van der Waals surface area (Å²) >= 11 is 0. The number of benzene rings is 2. The second-order valence-electron chi connectivity index (χ2n) is 8.76. The van der Waals surface area contributed by atoms with Crippen molar-refractivity contribution < 1.29 is 4.21 Å². The molecule has 3 N–H and O–H groups in total. The van der Waals surface area contributed by atoms with Gasteiger partial charge in [0.25, 0.3) is 0 Å². The zero-order valence-electron chi connectivity index (χ0n) is 19.0. The smallest absolute Gasteiger partial charge is 0.162 e. The van der Waals surface area contributed by atoms with E-state index in [1.165, 1.54) is 5.69 Å². The number of rotatable bonds is 4. The van der Waals surface area contributed by atoms with Crippen molar-refractivity contribution in [3.8, 4) is 22.3 Å². The first-order valence-electron chi connectivity index (χ1n) is 11.1. The maximum Gasteiger partial charge on any atom is 0.162 e. The maximum absolute atomic E-state index is 11.6. The molecule has 7 nitrogen and oxygen atoms in total. The molecule has 1 saturated heterocycles. The largest absolute Gasteiger partial charge is 0.364 e. The van der Waals surface area contributed by atoms with Crippen molar-refractivity contribution in [1.29, 1.82) is 0 Å². The zero-order chi connectivity index (χ0) is 23.1. The lowest BCUT2D eigenvalue weighted by Crippen LogP contribution is -2.55. The van der Waals surface area contributed by atoms with E-state index in [9.17, 15) is 4.21 Å². The Labute approximate surface area is 196 Å². The quantitative estimate of drug-likeness (QED) is 0.486. The van der Waals surface area contributed by atoms with Gasteiger partial charge in [-0.2, -0.15) is 5.10 Å². The Balaban J connectivity index is 1.44. The molecule has 170 valence electrons. The molecule has 0 amide bonds. The van der Waals surface area contributed by atoms with Crippen molar-refractivity contribution >= 4 is 22.3 Å². The average Bonchev–Trinajstić information content (AvgIpc) is 3.22. The molecule has 1 aliphatic rings. The van der Waals surface area contributed by atoms with Gasteiger partial charge < -0.3 is 10.2 Å². The molecular weight excluding hydrogens is 432 g/mol. The predicted octanol–water partition coefficient (Wildman–Crippen LogP) is 3.54. The van der Waals surface area contributed by atoms with Crippen LogP contribution < -0.4 is 15.4 Å².